The second-order valence-electron chi connectivity index (χ2n) is 7.42. The van der Waals surface area contributed by atoms with Crippen LogP contribution in [0.25, 0.3) is 0 Å². The van der Waals surface area contributed by atoms with E-state index in [1.165, 1.54) is 11.3 Å². The Kier molecular flexibility index (Phi) is 6.85. The van der Waals surface area contributed by atoms with Crippen molar-refractivity contribution >= 4 is 56.9 Å². The number of nitrogens with two attached hydrogens (primary N) is 2. The van der Waals surface area contributed by atoms with Gasteiger partial charge >= 0.3 is 0 Å². The minimum atomic E-state index is -0.324. The molecule has 0 bridgehead atoms. The number of hydrogen-bond donors (Lipinski definition) is 3. The summed E-state index contributed by atoms with van der Waals surface area (Å²) in [6, 6.07) is 11.8. The maximum atomic E-state index is 12.5. The molecule has 1 saturated heterocycles. The Bertz CT molecular complexity index is 1150. The maximum absolute atomic E-state index is 12.5. The summed E-state index contributed by atoms with van der Waals surface area (Å²) in [6.07, 6.45) is 0. The van der Waals surface area contributed by atoms with E-state index < -0.39 is 0 Å². The number of thiazole rings is 1. The van der Waals surface area contributed by atoms with Crippen molar-refractivity contribution in [3.05, 3.63) is 58.6 Å². The molecule has 0 aliphatic carbocycles. The van der Waals surface area contributed by atoms with Crippen molar-refractivity contribution in [1.82, 2.24) is 9.88 Å². The van der Waals surface area contributed by atoms with Gasteiger partial charge in [0.25, 0.3) is 11.8 Å². The molecule has 0 saturated carbocycles. The molecule has 0 atom stereocenters. The lowest BCUT2D eigenvalue weighted by molar-refractivity contribution is -0.133. The van der Waals surface area contributed by atoms with Gasteiger partial charge in [-0.15, -0.1) is 11.3 Å². The van der Waals surface area contributed by atoms with Gasteiger partial charge in [-0.25, -0.2) is 4.98 Å². The lowest BCUT2D eigenvalue weighted by Crippen LogP contribution is -2.50. The summed E-state index contributed by atoms with van der Waals surface area (Å²) in [6.45, 7) is 2.31. The molecule has 9 nitrogen and oxygen atoms in total. The normalized spacial score (nSPS) is 13.6. The van der Waals surface area contributed by atoms with Crippen molar-refractivity contribution in [3.63, 3.8) is 0 Å². The summed E-state index contributed by atoms with van der Waals surface area (Å²) < 4.78 is 5.55. The number of carbonyl (C=O) groups is 2. The first kappa shape index (κ1) is 22.7. The molecule has 1 aliphatic heterocycles. The van der Waals surface area contributed by atoms with E-state index in [9.17, 15) is 9.59 Å². The first-order valence-electron chi connectivity index (χ1n) is 10.2. The third-order valence-corrected chi connectivity index (χ3v) is 6.30. The first-order valence-corrected chi connectivity index (χ1v) is 11.5. The monoisotopic (exact) mass is 486 g/mol. The number of rotatable bonds is 6. The Morgan fingerprint density at radius 2 is 1.79 bits per heavy atom. The second kappa shape index (κ2) is 9.97. The predicted molar refractivity (Wildman–Crippen MR) is 131 cm³/mol. The van der Waals surface area contributed by atoms with Crippen molar-refractivity contribution in [3.8, 4) is 5.75 Å². The highest BCUT2D eigenvalue weighted by molar-refractivity contribution is 7.14. The van der Waals surface area contributed by atoms with Crippen molar-refractivity contribution in [2.45, 2.75) is 0 Å². The van der Waals surface area contributed by atoms with Gasteiger partial charge in [0.05, 0.1) is 11.4 Å². The van der Waals surface area contributed by atoms with Gasteiger partial charge in [-0.3, -0.25) is 9.59 Å². The van der Waals surface area contributed by atoms with E-state index in [0.29, 0.717) is 59.7 Å². The smallest absolute Gasteiger partial charge is 0.275 e. The highest BCUT2D eigenvalue weighted by Crippen LogP contribution is 2.24. The average Bonchev–Trinajstić information content (AvgIpc) is 3.32. The molecule has 11 heteroatoms. The number of halogens is 1. The zero-order valence-corrected chi connectivity index (χ0v) is 19.2. The van der Waals surface area contributed by atoms with E-state index in [0.717, 1.165) is 5.13 Å². The van der Waals surface area contributed by atoms with Gasteiger partial charge in [0.2, 0.25) is 0 Å². The van der Waals surface area contributed by atoms with E-state index in [4.69, 9.17) is 27.8 Å². The van der Waals surface area contributed by atoms with Crippen LogP contribution in [0.5, 0.6) is 5.75 Å². The molecule has 5 N–H and O–H groups in total. The SMILES string of the molecule is Nc1ccc(NC(=O)c2csc(N3CCN(C(=O)COc4ccc(Cl)cc4)CC3)n2)cc1N. The van der Waals surface area contributed by atoms with Crippen molar-refractivity contribution < 1.29 is 14.3 Å². The van der Waals surface area contributed by atoms with Crippen LogP contribution >= 0.6 is 22.9 Å². The first-order chi connectivity index (χ1) is 15.9. The summed E-state index contributed by atoms with van der Waals surface area (Å²) in [7, 11) is 0. The number of benzene rings is 2. The van der Waals surface area contributed by atoms with Crippen LogP contribution in [0.3, 0.4) is 0 Å². The lowest BCUT2D eigenvalue weighted by Gasteiger charge is -2.34. The molecular formula is C22H23ClN6O3S. The van der Waals surface area contributed by atoms with Crippen molar-refractivity contribution in [2.75, 3.05) is 54.5 Å². The molecule has 2 aromatic carbocycles. The largest absolute Gasteiger partial charge is 0.484 e. The van der Waals surface area contributed by atoms with E-state index in [2.05, 4.69) is 15.2 Å². The summed E-state index contributed by atoms with van der Waals surface area (Å²) in [4.78, 5) is 33.3. The minimum Gasteiger partial charge on any atom is -0.484 e. The lowest BCUT2D eigenvalue weighted by atomic mass is 10.2. The molecule has 1 fully saturated rings. The van der Waals surface area contributed by atoms with Crippen LogP contribution in [-0.4, -0.2) is 54.5 Å². The number of piperazine rings is 1. The zero-order chi connectivity index (χ0) is 23.4. The Morgan fingerprint density at radius 1 is 1.06 bits per heavy atom. The zero-order valence-electron chi connectivity index (χ0n) is 17.7. The fraction of sp³-hybridized carbons (Fsp3) is 0.227. The second-order valence-corrected chi connectivity index (χ2v) is 8.70. The average molecular weight is 487 g/mol. The van der Waals surface area contributed by atoms with Gasteiger partial charge in [-0.2, -0.15) is 0 Å². The Balaban J connectivity index is 1.27. The van der Waals surface area contributed by atoms with Crippen LogP contribution in [0.2, 0.25) is 5.02 Å². The number of ether oxygens (including phenoxy) is 1. The number of nitrogens with zero attached hydrogens (tertiary/aromatic N) is 3. The number of hydrogen-bond acceptors (Lipinski definition) is 8. The van der Waals surface area contributed by atoms with Crippen molar-refractivity contribution in [1.29, 1.82) is 0 Å². The molecule has 2 heterocycles. The summed E-state index contributed by atoms with van der Waals surface area (Å²) >= 11 is 7.24. The van der Waals surface area contributed by atoms with Crippen LogP contribution < -0.4 is 26.4 Å². The Hall–Kier alpha value is -3.50. The highest BCUT2D eigenvalue weighted by Gasteiger charge is 2.24. The fourth-order valence-electron chi connectivity index (χ4n) is 3.28. The number of anilines is 4. The molecule has 4 rings (SSSR count). The quantitative estimate of drug-likeness (QED) is 0.457. The van der Waals surface area contributed by atoms with Crippen molar-refractivity contribution in [2.24, 2.45) is 0 Å². The fourth-order valence-corrected chi connectivity index (χ4v) is 4.26. The van der Waals surface area contributed by atoms with Crippen LogP contribution in [-0.2, 0) is 4.79 Å². The van der Waals surface area contributed by atoms with Crippen LogP contribution in [0, 0.1) is 0 Å². The van der Waals surface area contributed by atoms with Gasteiger partial charge in [0, 0.05) is 42.3 Å². The van der Waals surface area contributed by atoms with E-state index >= 15 is 0 Å². The molecule has 0 unspecified atom stereocenters. The number of nitrogen functional groups attached to an aromatic ring is 2. The number of amides is 2. The summed E-state index contributed by atoms with van der Waals surface area (Å²) in [5.41, 5.74) is 13.2. The van der Waals surface area contributed by atoms with E-state index in [1.807, 2.05) is 0 Å². The minimum absolute atomic E-state index is 0.0289. The molecule has 1 aromatic heterocycles. The van der Waals surface area contributed by atoms with E-state index in [1.54, 1.807) is 52.7 Å². The predicted octanol–water partition coefficient (Wildman–Crippen LogP) is 2.94. The Labute approximate surface area is 199 Å². The molecule has 2 amide bonds. The van der Waals surface area contributed by atoms with E-state index in [-0.39, 0.29) is 18.4 Å². The number of nitrogens with one attached hydrogen (secondary N) is 1. The van der Waals surface area contributed by atoms with Crippen LogP contribution in [0.1, 0.15) is 10.5 Å². The summed E-state index contributed by atoms with van der Waals surface area (Å²) in [5, 5.41) is 5.83. The molecular weight excluding hydrogens is 464 g/mol. The molecule has 0 radical (unpaired) electrons. The molecule has 172 valence electrons. The third-order valence-electron chi connectivity index (χ3n) is 5.15. The highest BCUT2D eigenvalue weighted by atomic mass is 35.5. The molecule has 3 aromatic rings. The molecule has 1 aliphatic rings. The van der Waals surface area contributed by atoms with Gasteiger partial charge in [0.15, 0.2) is 11.7 Å². The molecule has 33 heavy (non-hydrogen) atoms. The van der Waals surface area contributed by atoms with Gasteiger partial charge in [-0.1, -0.05) is 11.6 Å². The van der Waals surface area contributed by atoms with Crippen LogP contribution in [0.15, 0.2) is 47.8 Å². The number of aromatic nitrogens is 1. The Morgan fingerprint density at radius 3 is 2.48 bits per heavy atom. The van der Waals surface area contributed by atoms with Crippen LogP contribution in [0.4, 0.5) is 22.2 Å². The topological polar surface area (TPSA) is 127 Å². The number of carbonyl (C=O) groups excluding carboxylic acids is 2. The van der Waals surface area contributed by atoms with Gasteiger partial charge < -0.3 is 31.3 Å². The standard InChI is InChI=1S/C22H23ClN6O3S/c23-14-1-4-16(5-2-14)32-12-20(30)28-7-9-29(10-8-28)22-27-19(13-33-22)21(31)26-15-3-6-17(24)18(25)11-15/h1-6,11,13H,7-10,12,24-25H2,(H,26,31). The molecule has 0 spiro atoms. The van der Waals surface area contributed by atoms with Gasteiger partial charge in [-0.05, 0) is 42.5 Å². The third kappa shape index (κ3) is 5.65. The maximum Gasteiger partial charge on any atom is 0.275 e. The summed E-state index contributed by atoms with van der Waals surface area (Å²) in [5.74, 6) is 0.197. The van der Waals surface area contributed by atoms with Gasteiger partial charge in [0.1, 0.15) is 11.4 Å².